The molecule has 0 aliphatic rings. The van der Waals surface area contributed by atoms with E-state index in [-0.39, 0.29) is 14.5 Å². The molecule has 0 aliphatic carbocycles. The van der Waals surface area contributed by atoms with E-state index in [0.29, 0.717) is 5.89 Å². The molecule has 0 bridgehead atoms. The minimum atomic E-state index is 0.150. The summed E-state index contributed by atoms with van der Waals surface area (Å²) in [6.45, 7) is 0. The fourth-order valence-corrected chi connectivity index (χ4v) is 8.90. The average Bonchev–Trinajstić information content (AvgIpc) is 3.75. The van der Waals surface area contributed by atoms with Crippen molar-refractivity contribution in [1.82, 2.24) is 4.98 Å². The molecule has 0 N–H and O–H groups in total. The SMILES string of the molecule is c1ccc(-c2ccc(N(c3cccc(-c4ccccc4)c3)c3ccc4c(c3)[se]c3cccc(-c5nc6ccccc6o5)c34)cc2)cc1. The Bertz CT molecular complexity index is 2480. The van der Waals surface area contributed by atoms with Gasteiger partial charge in [0, 0.05) is 0 Å². The Kier molecular flexibility index (Phi) is 6.82. The van der Waals surface area contributed by atoms with Crippen LogP contribution >= 0.6 is 0 Å². The van der Waals surface area contributed by atoms with E-state index >= 15 is 0 Å². The van der Waals surface area contributed by atoms with E-state index in [2.05, 4.69) is 150 Å². The van der Waals surface area contributed by atoms with Gasteiger partial charge in [0.15, 0.2) is 0 Å². The molecule has 47 heavy (non-hydrogen) atoms. The Hall–Kier alpha value is -5.67. The zero-order valence-electron chi connectivity index (χ0n) is 25.4. The summed E-state index contributed by atoms with van der Waals surface area (Å²) in [6, 6.07) is 60.3. The molecule has 0 fully saturated rings. The molecule has 0 spiro atoms. The first-order valence-electron chi connectivity index (χ1n) is 15.7. The summed E-state index contributed by atoms with van der Waals surface area (Å²) in [5.41, 5.74) is 10.9. The summed E-state index contributed by atoms with van der Waals surface area (Å²) in [5.74, 6) is 0.675. The van der Waals surface area contributed by atoms with Crippen molar-refractivity contribution >= 4 is 62.0 Å². The van der Waals surface area contributed by atoms with Gasteiger partial charge >= 0.3 is 280 Å². The number of anilines is 3. The number of benzene rings is 7. The molecular formula is C43H28N2OSe. The molecule has 2 heterocycles. The van der Waals surface area contributed by atoms with Crippen molar-refractivity contribution in [2.75, 3.05) is 4.90 Å². The first kappa shape index (κ1) is 27.6. The van der Waals surface area contributed by atoms with Crippen LogP contribution in [0.5, 0.6) is 0 Å². The zero-order chi connectivity index (χ0) is 31.2. The molecule has 9 aromatic rings. The Morgan fingerprint density at radius 2 is 1.11 bits per heavy atom. The van der Waals surface area contributed by atoms with E-state index in [1.54, 1.807) is 0 Å². The van der Waals surface area contributed by atoms with Crippen molar-refractivity contribution in [3.05, 3.63) is 170 Å². The van der Waals surface area contributed by atoms with Crippen LogP contribution in [0.2, 0.25) is 0 Å². The normalized spacial score (nSPS) is 11.4. The molecular weight excluding hydrogens is 639 g/mol. The van der Waals surface area contributed by atoms with Crippen LogP contribution in [0.3, 0.4) is 0 Å². The van der Waals surface area contributed by atoms with Gasteiger partial charge in [-0.05, 0) is 0 Å². The minimum absolute atomic E-state index is 0.150. The first-order valence-corrected chi connectivity index (χ1v) is 17.4. The van der Waals surface area contributed by atoms with Crippen molar-refractivity contribution in [1.29, 1.82) is 0 Å². The summed E-state index contributed by atoms with van der Waals surface area (Å²) in [5, 5.41) is 2.50. The van der Waals surface area contributed by atoms with Crippen molar-refractivity contribution in [2.45, 2.75) is 0 Å². The molecule has 9 rings (SSSR count). The van der Waals surface area contributed by atoms with Crippen LogP contribution in [0.4, 0.5) is 17.1 Å². The fraction of sp³-hybridized carbons (Fsp3) is 0. The molecule has 4 heteroatoms. The van der Waals surface area contributed by atoms with E-state index in [0.717, 1.165) is 33.7 Å². The fourth-order valence-electron chi connectivity index (χ4n) is 6.46. The monoisotopic (exact) mass is 668 g/mol. The summed E-state index contributed by atoms with van der Waals surface area (Å²) in [7, 11) is 0. The molecule has 222 valence electrons. The number of para-hydroxylation sites is 2. The van der Waals surface area contributed by atoms with Gasteiger partial charge in [-0.15, -0.1) is 0 Å². The average molecular weight is 668 g/mol. The molecule has 0 atom stereocenters. The van der Waals surface area contributed by atoms with E-state index in [1.807, 2.05) is 24.3 Å². The topological polar surface area (TPSA) is 29.3 Å². The third kappa shape index (κ3) is 5.05. The number of fused-ring (bicyclic) bond motifs is 4. The second kappa shape index (κ2) is 11.6. The second-order valence-corrected chi connectivity index (χ2v) is 13.9. The van der Waals surface area contributed by atoms with Gasteiger partial charge in [-0.25, -0.2) is 0 Å². The van der Waals surface area contributed by atoms with Crippen molar-refractivity contribution in [3.63, 3.8) is 0 Å². The summed E-state index contributed by atoms with van der Waals surface area (Å²) in [4.78, 5) is 7.23. The quantitative estimate of drug-likeness (QED) is 0.165. The van der Waals surface area contributed by atoms with Gasteiger partial charge < -0.3 is 0 Å². The van der Waals surface area contributed by atoms with Crippen molar-refractivity contribution in [3.8, 4) is 33.7 Å². The van der Waals surface area contributed by atoms with E-state index < -0.39 is 0 Å². The van der Waals surface area contributed by atoms with Crippen LogP contribution in [0.25, 0.3) is 64.1 Å². The van der Waals surface area contributed by atoms with Gasteiger partial charge in [-0.1, -0.05) is 0 Å². The van der Waals surface area contributed by atoms with Crippen LogP contribution < -0.4 is 4.90 Å². The van der Waals surface area contributed by atoms with Crippen LogP contribution in [0.15, 0.2) is 174 Å². The van der Waals surface area contributed by atoms with Gasteiger partial charge in [0.2, 0.25) is 0 Å². The number of aromatic nitrogens is 1. The Balaban J connectivity index is 1.19. The first-order chi connectivity index (χ1) is 23.3. The molecule has 3 nitrogen and oxygen atoms in total. The van der Waals surface area contributed by atoms with E-state index in [1.165, 1.54) is 41.5 Å². The molecule has 0 saturated heterocycles. The van der Waals surface area contributed by atoms with Crippen molar-refractivity contribution in [2.24, 2.45) is 0 Å². The Morgan fingerprint density at radius 3 is 1.89 bits per heavy atom. The third-order valence-corrected chi connectivity index (χ3v) is 11.1. The van der Waals surface area contributed by atoms with Crippen LogP contribution in [-0.2, 0) is 0 Å². The molecule has 0 amide bonds. The number of oxazole rings is 1. The number of nitrogens with zero attached hydrogens (tertiary/aromatic N) is 2. The van der Waals surface area contributed by atoms with E-state index in [9.17, 15) is 0 Å². The van der Waals surface area contributed by atoms with Gasteiger partial charge in [0.1, 0.15) is 0 Å². The molecule has 7 aromatic carbocycles. The predicted octanol–water partition coefficient (Wildman–Crippen LogP) is 11.7. The maximum absolute atomic E-state index is 6.25. The van der Waals surface area contributed by atoms with Gasteiger partial charge in [-0.2, -0.15) is 0 Å². The van der Waals surface area contributed by atoms with Gasteiger partial charge in [0.05, 0.1) is 0 Å². The molecule has 0 unspecified atom stereocenters. The molecule has 0 aliphatic heterocycles. The van der Waals surface area contributed by atoms with Crippen LogP contribution in [0.1, 0.15) is 0 Å². The Morgan fingerprint density at radius 1 is 0.468 bits per heavy atom. The third-order valence-electron chi connectivity index (χ3n) is 8.71. The van der Waals surface area contributed by atoms with Gasteiger partial charge in [0.25, 0.3) is 0 Å². The standard InChI is InChI=1S/C43H28N2OSe/c1-3-11-29(12-4-1)31-21-23-33(24-22-31)45(34-16-9-15-32(27-34)30-13-5-2-6-14-30)35-25-26-36-41(28-35)47-40-20-10-17-37(42(36)40)43-44-38-18-7-8-19-39(38)46-43/h1-28H. The predicted molar refractivity (Wildman–Crippen MR) is 197 cm³/mol. The van der Waals surface area contributed by atoms with E-state index in [4.69, 9.17) is 9.40 Å². The van der Waals surface area contributed by atoms with Crippen LogP contribution in [-0.4, -0.2) is 19.5 Å². The zero-order valence-corrected chi connectivity index (χ0v) is 27.1. The molecule has 0 radical (unpaired) electrons. The second-order valence-electron chi connectivity index (χ2n) is 11.6. The molecule has 0 saturated carbocycles. The summed E-state index contributed by atoms with van der Waals surface area (Å²) >= 11 is 0.150. The Labute approximate surface area is 278 Å². The number of hydrogen-bond acceptors (Lipinski definition) is 3. The summed E-state index contributed by atoms with van der Waals surface area (Å²) in [6.07, 6.45) is 0. The number of hydrogen-bond donors (Lipinski definition) is 0. The molecule has 2 aromatic heterocycles. The number of rotatable bonds is 6. The van der Waals surface area contributed by atoms with Crippen molar-refractivity contribution < 1.29 is 4.42 Å². The maximum atomic E-state index is 6.25. The van der Waals surface area contributed by atoms with Crippen LogP contribution in [0, 0.1) is 0 Å². The van der Waals surface area contributed by atoms with Gasteiger partial charge in [-0.3, -0.25) is 0 Å². The summed E-state index contributed by atoms with van der Waals surface area (Å²) < 4.78 is 8.96.